The quantitative estimate of drug-likeness (QED) is 0.367. The van der Waals surface area contributed by atoms with Crippen molar-refractivity contribution in [1.82, 2.24) is 20.5 Å². The molecular formula is C17H24N4O4S2. The van der Waals surface area contributed by atoms with Crippen LogP contribution in [0.3, 0.4) is 0 Å². The number of amides is 1. The molecule has 1 atom stereocenters. The molecule has 0 bridgehead atoms. The van der Waals surface area contributed by atoms with E-state index in [1.54, 1.807) is 18.0 Å². The van der Waals surface area contributed by atoms with Gasteiger partial charge in [0.15, 0.2) is 14.6 Å². The molecule has 0 saturated carbocycles. The Morgan fingerprint density at radius 1 is 1.37 bits per heavy atom. The van der Waals surface area contributed by atoms with Crippen molar-refractivity contribution in [1.29, 1.82) is 0 Å². The Kier molecular flexibility index (Phi) is 7.01. The van der Waals surface area contributed by atoms with Crippen LogP contribution >= 0.6 is 11.8 Å². The number of rotatable bonds is 9. The molecule has 1 unspecified atom stereocenters. The summed E-state index contributed by atoms with van der Waals surface area (Å²) in [5.74, 6) is -0.325. The van der Waals surface area contributed by atoms with Crippen LogP contribution in [0.5, 0.6) is 0 Å². The Morgan fingerprint density at radius 3 is 2.70 bits per heavy atom. The fourth-order valence-electron chi connectivity index (χ4n) is 2.52. The Bertz CT molecular complexity index is 898. The molecule has 27 heavy (non-hydrogen) atoms. The van der Waals surface area contributed by atoms with E-state index >= 15 is 0 Å². The van der Waals surface area contributed by atoms with Gasteiger partial charge in [0.25, 0.3) is 5.91 Å². The van der Waals surface area contributed by atoms with Crippen molar-refractivity contribution >= 4 is 27.5 Å². The molecule has 0 fully saturated rings. The lowest BCUT2D eigenvalue weighted by molar-refractivity contribution is -0.131. The first kappa shape index (κ1) is 21.4. The first-order valence-corrected chi connectivity index (χ1v) is 11.3. The highest BCUT2D eigenvalue weighted by molar-refractivity contribution is 7.98. The number of hydrogen-bond acceptors (Lipinski definition) is 7. The number of sulfone groups is 1. The normalized spacial score (nSPS) is 13.9. The van der Waals surface area contributed by atoms with Crippen molar-refractivity contribution in [2.45, 2.75) is 48.6 Å². The van der Waals surface area contributed by atoms with Crippen LogP contribution in [0.1, 0.15) is 31.5 Å². The Morgan fingerprint density at radius 2 is 2.07 bits per heavy atom. The lowest BCUT2D eigenvalue weighted by Gasteiger charge is -2.24. The predicted octanol–water partition coefficient (Wildman–Crippen LogP) is 1.83. The van der Waals surface area contributed by atoms with Crippen LogP contribution in [-0.4, -0.2) is 45.5 Å². The average Bonchev–Trinajstić information content (AvgIpc) is 3.10. The topological polar surface area (TPSA) is 114 Å². The van der Waals surface area contributed by atoms with Crippen molar-refractivity contribution in [3.63, 3.8) is 0 Å². The second kappa shape index (κ2) is 8.85. The summed E-state index contributed by atoms with van der Waals surface area (Å²) >= 11 is 1.67. The van der Waals surface area contributed by atoms with E-state index in [9.17, 15) is 13.2 Å². The molecule has 0 spiro atoms. The molecular weight excluding hydrogens is 388 g/mol. The second-order valence-corrected chi connectivity index (χ2v) is 9.88. The maximum Gasteiger partial charge on any atom is 0.264 e. The zero-order chi connectivity index (χ0) is 20.1. The molecule has 1 heterocycles. The second-order valence-electron chi connectivity index (χ2n) is 6.42. The van der Waals surface area contributed by atoms with E-state index in [0.717, 1.165) is 18.4 Å². The molecule has 0 aliphatic heterocycles. The molecule has 0 aliphatic rings. The number of carbonyl (C=O) groups is 1. The van der Waals surface area contributed by atoms with Gasteiger partial charge in [-0.2, -0.15) is 0 Å². The number of benzene rings is 1. The Hall–Kier alpha value is -1.91. The lowest BCUT2D eigenvalue weighted by atomic mass is 10.1. The third kappa shape index (κ3) is 5.08. The number of thioether (sulfide) groups is 1. The molecule has 148 valence electrons. The van der Waals surface area contributed by atoms with Gasteiger partial charge in [-0.25, -0.2) is 13.9 Å². The van der Waals surface area contributed by atoms with E-state index in [1.807, 2.05) is 12.1 Å². The third-order valence-corrected chi connectivity index (χ3v) is 7.71. The van der Waals surface area contributed by atoms with Gasteiger partial charge < -0.3 is 0 Å². The van der Waals surface area contributed by atoms with Gasteiger partial charge in [-0.3, -0.25) is 14.7 Å². The molecule has 2 rings (SSSR count). The summed E-state index contributed by atoms with van der Waals surface area (Å²) in [6.07, 6.45) is 3.62. The summed E-state index contributed by atoms with van der Waals surface area (Å²) in [5.41, 5.74) is 3.47. The highest BCUT2D eigenvalue weighted by atomic mass is 32.2. The largest absolute Gasteiger partial charge is 0.289 e. The SMILES string of the molecule is CCc1ccccc1SCc1cn(CCC(C)(C(=O)NO)S(C)(=O)=O)nn1. The van der Waals surface area contributed by atoms with E-state index in [0.29, 0.717) is 5.75 Å². The summed E-state index contributed by atoms with van der Waals surface area (Å²) in [6.45, 7) is 3.57. The smallest absolute Gasteiger partial charge is 0.264 e. The molecule has 1 aromatic carbocycles. The molecule has 2 aromatic rings. The van der Waals surface area contributed by atoms with Crippen LogP contribution in [0.15, 0.2) is 35.4 Å². The van der Waals surface area contributed by atoms with Crippen LogP contribution in [0, 0.1) is 0 Å². The summed E-state index contributed by atoms with van der Waals surface area (Å²) in [7, 11) is -3.73. The van der Waals surface area contributed by atoms with Gasteiger partial charge in [0.1, 0.15) is 0 Å². The maximum absolute atomic E-state index is 12.0. The Labute approximate surface area is 163 Å². The third-order valence-electron chi connectivity index (χ3n) is 4.53. The fourth-order valence-corrected chi connectivity index (χ4v) is 4.37. The standard InChI is InChI=1S/C17H24N4O4S2/c1-4-13-7-5-6-8-15(13)26-12-14-11-21(20-18-14)10-9-17(2,16(22)19-23)27(3,24)25/h5-8,11,23H,4,9-10,12H2,1-3H3,(H,19,22). The fraction of sp³-hybridized carbons (Fsp3) is 0.471. The Balaban J connectivity index is 2.02. The summed E-state index contributed by atoms with van der Waals surface area (Å²) in [5, 5.41) is 17.0. The van der Waals surface area contributed by atoms with E-state index in [-0.39, 0.29) is 13.0 Å². The minimum Gasteiger partial charge on any atom is -0.289 e. The molecule has 0 aliphatic carbocycles. The van der Waals surface area contributed by atoms with Crippen molar-refractivity contribution in [3.05, 3.63) is 41.7 Å². The van der Waals surface area contributed by atoms with Gasteiger partial charge in [-0.1, -0.05) is 30.3 Å². The average molecular weight is 413 g/mol. The summed E-state index contributed by atoms with van der Waals surface area (Å²) in [4.78, 5) is 13.0. The number of aryl methyl sites for hydroxylation is 2. The van der Waals surface area contributed by atoms with Crippen molar-refractivity contribution in [2.24, 2.45) is 0 Å². The maximum atomic E-state index is 12.0. The number of aromatic nitrogens is 3. The van der Waals surface area contributed by atoms with Crippen molar-refractivity contribution < 1.29 is 18.4 Å². The van der Waals surface area contributed by atoms with E-state index < -0.39 is 20.5 Å². The van der Waals surface area contributed by atoms with Crippen LogP contribution in [0.25, 0.3) is 0 Å². The van der Waals surface area contributed by atoms with Crippen LogP contribution in [0.4, 0.5) is 0 Å². The van der Waals surface area contributed by atoms with Crippen LogP contribution < -0.4 is 5.48 Å². The molecule has 0 saturated heterocycles. The van der Waals surface area contributed by atoms with Crippen LogP contribution in [0.2, 0.25) is 0 Å². The van der Waals surface area contributed by atoms with Gasteiger partial charge in [-0.05, 0) is 31.4 Å². The minimum atomic E-state index is -3.73. The van der Waals surface area contributed by atoms with E-state index in [2.05, 4.69) is 29.4 Å². The monoisotopic (exact) mass is 412 g/mol. The summed E-state index contributed by atoms with van der Waals surface area (Å²) in [6, 6.07) is 8.17. The van der Waals surface area contributed by atoms with Gasteiger partial charge >= 0.3 is 0 Å². The molecule has 8 nitrogen and oxygen atoms in total. The zero-order valence-electron chi connectivity index (χ0n) is 15.5. The van der Waals surface area contributed by atoms with Gasteiger partial charge in [-0.15, -0.1) is 16.9 Å². The van der Waals surface area contributed by atoms with Crippen molar-refractivity contribution in [3.8, 4) is 0 Å². The van der Waals surface area contributed by atoms with Gasteiger partial charge in [0, 0.05) is 29.6 Å². The molecule has 1 amide bonds. The number of hydroxylamine groups is 1. The zero-order valence-corrected chi connectivity index (χ0v) is 17.2. The molecule has 0 radical (unpaired) electrons. The van der Waals surface area contributed by atoms with Crippen LogP contribution in [-0.2, 0) is 33.4 Å². The first-order valence-electron chi connectivity index (χ1n) is 8.45. The van der Waals surface area contributed by atoms with Crippen molar-refractivity contribution in [2.75, 3.05) is 6.26 Å². The van der Waals surface area contributed by atoms with Gasteiger partial charge in [0.2, 0.25) is 0 Å². The van der Waals surface area contributed by atoms with Gasteiger partial charge in [0.05, 0.1) is 5.69 Å². The highest BCUT2D eigenvalue weighted by Gasteiger charge is 2.43. The highest BCUT2D eigenvalue weighted by Crippen LogP contribution is 2.26. The first-order chi connectivity index (χ1) is 12.7. The number of nitrogens with zero attached hydrogens (tertiary/aromatic N) is 3. The number of hydrogen-bond donors (Lipinski definition) is 2. The number of nitrogens with one attached hydrogen (secondary N) is 1. The summed E-state index contributed by atoms with van der Waals surface area (Å²) < 4.78 is 23.7. The molecule has 2 N–H and O–H groups in total. The van der Waals surface area contributed by atoms with E-state index in [4.69, 9.17) is 5.21 Å². The molecule has 10 heteroatoms. The molecule has 1 aromatic heterocycles. The minimum absolute atomic E-state index is 0.0349. The lowest BCUT2D eigenvalue weighted by Crippen LogP contribution is -2.49. The number of carbonyl (C=O) groups excluding carboxylic acids is 1. The van der Waals surface area contributed by atoms with E-state index in [1.165, 1.54) is 27.5 Å². The predicted molar refractivity (Wildman–Crippen MR) is 103 cm³/mol.